The fourth-order valence-electron chi connectivity index (χ4n) is 3.98. The molecule has 5 rings (SSSR count). The molecule has 1 atom stereocenters. The maximum absolute atomic E-state index is 13.0. The molecule has 0 bridgehead atoms. The summed E-state index contributed by atoms with van der Waals surface area (Å²) in [6, 6.07) is 31.8. The quantitative estimate of drug-likeness (QED) is 0.284. The van der Waals surface area contributed by atoms with Crippen molar-refractivity contribution >= 4 is 40.9 Å². The third-order valence-corrected chi connectivity index (χ3v) is 7.27. The molecule has 2 amide bonds. The van der Waals surface area contributed by atoms with Gasteiger partial charge in [-0.15, -0.1) is 11.8 Å². The number of ether oxygens (including phenoxy) is 1. The Morgan fingerprint density at radius 3 is 2.36 bits per heavy atom. The molecule has 7 heteroatoms. The first kappa shape index (κ1) is 24.0. The van der Waals surface area contributed by atoms with Gasteiger partial charge in [-0.05, 0) is 53.6 Å². The fourth-order valence-corrected chi connectivity index (χ4v) is 5.34. The van der Waals surface area contributed by atoms with Gasteiger partial charge in [-0.25, -0.2) is 0 Å². The normalized spacial score (nSPS) is 15.1. The molecule has 0 aromatic heterocycles. The van der Waals surface area contributed by atoms with Crippen LogP contribution in [0.1, 0.15) is 26.9 Å². The lowest BCUT2D eigenvalue weighted by Gasteiger charge is -2.24. The van der Waals surface area contributed by atoms with Gasteiger partial charge in [0.1, 0.15) is 11.1 Å². The highest BCUT2D eigenvalue weighted by Gasteiger charge is 2.32. The first-order valence-corrected chi connectivity index (χ1v) is 12.9. The summed E-state index contributed by atoms with van der Waals surface area (Å²) in [5.41, 5.74) is 3.04. The van der Waals surface area contributed by atoms with Crippen molar-refractivity contribution in [2.24, 2.45) is 0 Å². The zero-order valence-corrected chi connectivity index (χ0v) is 20.8. The Labute approximate surface area is 219 Å². The number of para-hydroxylation sites is 1. The van der Waals surface area contributed by atoms with E-state index in [-0.39, 0.29) is 17.2 Å². The minimum Gasteiger partial charge on any atom is -0.455 e. The van der Waals surface area contributed by atoms with E-state index in [0.717, 1.165) is 11.1 Å². The number of hydrogen-bond donors (Lipinski definition) is 1. The fraction of sp³-hybridized carbons (Fsp3) is 0.103. The number of carbonyl (C=O) groups is 2. The Kier molecular flexibility index (Phi) is 7.26. The van der Waals surface area contributed by atoms with Gasteiger partial charge in [0.25, 0.3) is 5.91 Å². The Morgan fingerprint density at radius 2 is 1.64 bits per heavy atom. The molecule has 1 heterocycles. The van der Waals surface area contributed by atoms with E-state index >= 15 is 0 Å². The van der Waals surface area contributed by atoms with Crippen LogP contribution in [-0.2, 0) is 11.3 Å². The van der Waals surface area contributed by atoms with Crippen molar-refractivity contribution < 1.29 is 14.3 Å². The highest BCUT2D eigenvalue weighted by Crippen LogP contribution is 2.39. The van der Waals surface area contributed by atoms with Crippen LogP contribution in [0.25, 0.3) is 0 Å². The van der Waals surface area contributed by atoms with Gasteiger partial charge >= 0.3 is 0 Å². The van der Waals surface area contributed by atoms with Crippen LogP contribution in [0.4, 0.5) is 5.69 Å². The zero-order chi connectivity index (χ0) is 24.9. The summed E-state index contributed by atoms with van der Waals surface area (Å²) in [7, 11) is 0. The smallest absolute Gasteiger partial charge is 0.255 e. The number of thioether (sulfide) groups is 1. The van der Waals surface area contributed by atoms with Gasteiger partial charge in [-0.1, -0.05) is 72.3 Å². The van der Waals surface area contributed by atoms with Crippen LogP contribution >= 0.6 is 23.4 Å². The summed E-state index contributed by atoms with van der Waals surface area (Å²) in [5, 5.41) is 3.31. The molecule has 0 unspecified atom stereocenters. The summed E-state index contributed by atoms with van der Waals surface area (Å²) in [4.78, 5) is 27.5. The minimum absolute atomic E-state index is 0.0892. The van der Waals surface area contributed by atoms with Crippen LogP contribution in [0, 0.1) is 0 Å². The number of rotatable bonds is 7. The zero-order valence-electron chi connectivity index (χ0n) is 19.3. The number of nitrogens with zero attached hydrogens (tertiary/aromatic N) is 1. The highest BCUT2D eigenvalue weighted by molar-refractivity contribution is 8.00. The highest BCUT2D eigenvalue weighted by atomic mass is 35.5. The average molecular weight is 515 g/mol. The van der Waals surface area contributed by atoms with Gasteiger partial charge in [0.15, 0.2) is 5.75 Å². The molecule has 1 saturated heterocycles. The summed E-state index contributed by atoms with van der Waals surface area (Å²) in [6.45, 7) is 0.554. The van der Waals surface area contributed by atoms with Crippen LogP contribution in [0.2, 0.25) is 5.02 Å². The molecule has 0 spiro atoms. The summed E-state index contributed by atoms with van der Waals surface area (Å²) >= 11 is 7.78. The van der Waals surface area contributed by atoms with Gasteiger partial charge in [0.05, 0.1) is 11.4 Å². The topological polar surface area (TPSA) is 58.6 Å². The Hall–Kier alpha value is -3.74. The third kappa shape index (κ3) is 5.56. The van der Waals surface area contributed by atoms with Crippen molar-refractivity contribution in [2.45, 2.75) is 11.9 Å². The van der Waals surface area contributed by atoms with Crippen LogP contribution < -0.4 is 10.1 Å². The van der Waals surface area contributed by atoms with E-state index in [1.54, 1.807) is 42.1 Å². The van der Waals surface area contributed by atoms with Crippen molar-refractivity contribution in [2.75, 3.05) is 11.1 Å². The molecule has 4 aromatic carbocycles. The monoisotopic (exact) mass is 514 g/mol. The third-order valence-electron chi connectivity index (χ3n) is 5.78. The van der Waals surface area contributed by atoms with Crippen molar-refractivity contribution in [3.8, 4) is 11.5 Å². The summed E-state index contributed by atoms with van der Waals surface area (Å²) in [6.07, 6.45) is 0. The van der Waals surface area contributed by atoms with Crippen LogP contribution in [-0.4, -0.2) is 22.5 Å². The predicted octanol–water partition coefficient (Wildman–Crippen LogP) is 7.16. The maximum atomic E-state index is 13.0. The van der Waals surface area contributed by atoms with E-state index in [2.05, 4.69) is 5.32 Å². The molecule has 5 nitrogen and oxygen atoms in total. The number of carbonyl (C=O) groups excluding carboxylic acids is 2. The van der Waals surface area contributed by atoms with Gasteiger partial charge in [-0.3, -0.25) is 9.59 Å². The molecule has 36 heavy (non-hydrogen) atoms. The Morgan fingerprint density at radius 1 is 0.944 bits per heavy atom. The molecule has 4 aromatic rings. The first-order valence-electron chi connectivity index (χ1n) is 11.5. The second-order valence-electron chi connectivity index (χ2n) is 8.30. The second-order valence-corrected chi connectivity index (χ2v) is 9.81. The standard InChI is InChI=1S/C29H23ClN2O3S/c30-23-15-16-26(35-24-9-5-2-6-10-24)25(17-23)31-28(34)21-11-13-22(14-12-21)29-32(27(33)19-36-29)18-20-7-3-1-4-8-20/h1-17,29H,18-19H2,(H,31,34)/t29-/m0/s1. The van der Waals surface area contributed by atoms with Crippen molar-refractivity contribution in [3.63, 3.8) is 0 Å². The summed E-state index contributed by atoms with van der Waals surface area (Å²) < 4.78 is 5.94. The molecule has 180 valence electrons. The molecule has 1 aliphatic rings. The lowest BCUT2D eigenvalue weighted by Crippen LogP contribution is -2.27. The average Bonchev–Trinajstić information content (AvgIpc) is 3.26. The van der Waals surface area contributed by atoms with Crippen LogP contribution in [0.3, 0.4) is 0 Å². The minimum atomic E-state index is -0.280. The van der Waals surface area contributed by atoms with E-state index in [0.29, 0.717) is 40.1 Å². The van der Waals surface area contributed by atoms with E-state index < -0.39 is 0 Å². The Balaban J connectivity index is 1.31. The lowest BCUT2D eigenvalue weighted by molar-refractivity contribution is -0.128. The molecule has 0 aliphatic carbocycles. The van der Waals surface area contributed by atoms with Crippen molar-refractivity contribution in [3.05, 3.63) is 125 Å². The molecule has 1 fully saturated rings. The van der Waals surface area contributed by atoms with Crippen molar-refractivity contribution in [1.29, 1.82) is 0 Å². The van der Waals surface area contributed by atoms with E-state index in [1.165, 1.54) is 0 Å². The lowest BCUT2D eigenvalue weighted by atomic mass is 10.1. The molecular weight excluding hydrogens is 492 g/mol. The predicted molar refractivity (Wildman–Crippen MR) is 145 cm³/mol. The first-order chi connectivity index (χ1) is 17.6. The number of halogens is 1. The van der Waals surface area contributed by atoms with Gasteiger partial charge in [-0.2, -0.15) is 0 Å². The van der Waals surface area contributed by atoms with Crippen LogP contribution in [0.15, 0.2) is 103 Å². The summed E-state index contributed by atoms with van der Waals surface area (Å²) in [5.74, 6) is 1.43. The molecular formula is C29H23ClN2O3S. The van der Waals surface area contributed by atoms with Gasteiger partial charge in [0.2, 0.25) is 5.91 Å². The largest absolute Gasteiger partial charge is 0.455 e. The van der Waals surface area contributed by atoms with Gasteiger partial charge in [0, 0.05) is 17.1 Å². The van der Waals surface area contributed by atoms with E-state index in [1.807, 2.05) is 77.7 Å². The molecule has 1 N–H and O–H groups in total. The number of hydrogen-bond acceptors (Lipinski definition) is 4. The molecule has 0 radical (unpaired) electrons. The van der Waals surface area contributed by atoms with Crippen molar-refractivity contribution in [1.82, 2.24) is 4.90 Å². The second kappa shape index (κ2) is 10.9. The molecule has 0 saturated carbocycles. The Bertz CT molecular complexity index is 1360. The number of nitrogens with one attached hydrogen (secondary N) is 1. The molecule has 1 aliphatic heterocycles. The number of benzene rings is 4. The maximum Gasteiger partial charge on any atom is 0.255 e. The van der Waals surface area contributed by atoms with E-state index in [4.69, 9.17) is 16.3 Å². The van der Waals surface area contributed by atoms with Crippen LogP contribution in [0.5, 0.6) is 11.5 Å². The number of anilines is 1. The van der Waals surface area contributed by atoms with Gasteiger partial charge < -0.3 is 15.0 Å². The number of amides is 2. The SMILES string of the molecule is O=C(Nc1cc(Cl)ccc1Oc1ccccc1)c1ccc([C@@H]2SCC(=O)N2Cc2ccccc2)cc1. The van der Waals surface area contributed by atoms with E-state index in [9.17, 15) is 9.59 Å².